The van der Waals surface area contributed by atoms with Crippen LogP contribution in [0, 0.1) is 6.92 Å². The fourth-order valence-electron chi connectivity index (χ4n) is 1.55. The molecule has 20 heavy (non-hydrogen) atoms. The van der Waals surface area contributed by atoms with Gasteiger partial charge in [0.05, 0.1) is 12.6 Å². The predicted molar refractivity (Wildman–Crippen MR) is 79.2 cm³/mol. The Kier molecular flexibility index (Phi) is 6.87. The molecule has 0 unspecified atom stereocenters. The average molecular weight is 280 g/mol. The van der Waals surface area contributed by atoms with Gasteiger partial charge < -0.3 is 19.7 Å². The van der Waals surface area contributed by atoms with Crippen LogP contribution >= 0.6 is 0 Å². The van der Waals surface area contributed by atoms with Gasteiger partial charge in [-0.25, -0.2) is 4.79 Å². The third kappa shape index (κ3) is 5.93. The number of carbonyl (C=O) groups is 1. The van der Waals surface area contributed by atoms with E-state index in [0.717, 1.165) is 5.75 Å². The van der Waals surface area contributed by atoms with Crippen LogP contribution in [0.15, 0.2) is 24.3 Å². The summed E-state index contributed by atoms with van der Waals surface area (Å²) in [6.07, 6.45) is 0. The normalized spacial score (nSPS) is 11.8. The van der Waals surface area contributed by atoms with Gasteiger partial charge in [0.2, 0.25) is 0 Å². The minimum atomic E-state index is -0.123. The Morgan fingerprint density at radius 3 is 2.60 bits per heavy atom. The van der Waals surface area contributed by atoms with Crippen LogP contribution in [0.3, 0.4) is 0 Å². The number of rotatable bonds is 7. The fourth-order valence-corrected chi connectivity index (χ4v) is 1.55. The van der Waals surface area contributed by atoms with Crippen molar-refractivity contribution in [2.45, 2.75) is 19.9 Å². The lowest BCUT2D eigenvalue weighted by atomic mass is 10.2. The Morgan fingerprint density at radius 1 is 1.35 bits per heavy atom. The van der Waals surface area contributed by atoms with Crippen LogP contribution in [0.2, 0.25) is 0 Å². The van der Waals surface area contributed by atoms with Crippen LogP contribution in [-0.2, 0) is 4.74 Å². The number of benzene rings is 1. The molecule has 1 atom stereocenters. The van der Waals surface area contributed by atoms with E-state index in [1.165, 1.54) is 5.56 Å². The molecule has 1 N–H and O–H groups in total. The Bertz CT molecular complexity index is 406. The zero-order valence-corrected chi connectivity index (χ0v) is 12.7. The van der Waals surface area contributed by atoms with Crippen LogP contribution < -0.4 is 10.1 Å². The molecule has 1 aromatic rings. The van der Waals surface area contributed by atoms with Gasteiger partial charge in [-0.3, -0.25) is 0 Å². The third-order valence-corrected chi connectivity index (χ3v) is 2.87. The van der Waals surface area contributed by atoms with Crippen LogP contribution in [0.5, 0.6) is 5.75 Å². The zero-order chi connectivity index (χ0) is 15.0. The van der Waals surface area contributed by atoms with Crippen molar-refractivity contribution in [2.24, 2.45) is 0 Å². The molecule has 0 spiro atoms. The van der Waals surface area contributed by atoms with Crippen molar-refractivity contribution in [1.82, 2.24) is 10.2 Å². The molecule has 1 aromatic carbocycles. The van der Waals surface area contributed by atoms with Crippen LogP contribution in [0.1, 0.15) is 12.5 Å². The second-order valence-corrected chi connectivity index (χ2v) is 4.89. The SMILES string of the molecule is COCCN(C)C(=O)N[C@H](C)COc1ccc(C)cc1. The minimum Gasteiger partial charge on any atom is -0.491 e. The Hall–Kier alpha value is -1.75. The molecule has 5 nitrogen and oxygen atoms in total. The van der Waals surface area contributed by atoms with E-state index in [-0.39, 0.29) is 12.1 Å². The molecular weight excluding hydrogens is 256 g/mol. The molecule has 1 rings (SSSR count). The molecule has 0 aliphatic carbocycles. The molecule has 0 saturated carbocycles. The van der Waals surface area contributed by atoms with Crippen molar-refractivity contribution in [3.63, 3.8) is 0 Å². The summed E-state index contributed by atoms with van der Waals surface area (Å²) in [4.78, 5) is 13.4. The highest BCUT2D eigenvalue weighted by molar-refractivity contribution is 5.74. The maximum absolute atomic E-state index is 11.8. The quantitative estimate of drug-likeness (QED) is 0.831. The number of aryl methyl sites for hydroxylation is 1. The highest BCUT2D eigenvalue weighted by Gasteiger charge is 2.11. The van der Waals surface area contributed by atoms with Gasteiger partial charge in [-0.2, -0.15) is 0 Å². The molecule has 0 radical (unpaired) electrons. The average Bonchev–Trinajstić information content (AvgIpc) is 2.44. The summed E-state index contributed by atoms with van der Waals surface area (Å²) < 4.78 is 10.6. The number of methoxy groups -OCH3 is 1. The van der Waals surface area contributed by atoms with Crippen LogP contribution in [0.4, 0.5) is 4.79 Å². The molecule has 0 fully saturated rings. The van der Waals surface area contributed by atoms with Gasteiger partial charge in [-0.15, -0.1) is 0 Å². The van der Waals surface area contributed by atoms with Crippen molar-refractivity contribution in [2.75, 3.05) is 33.9 Å². The first-order valence-corrected chi connectivity index (χ1v) is 6.73. The molecule has 0 heterocycles. The molecule has 0 aromatic heterocycles. The summed E-state index contributed by atoms with van der Waals surface area (Å²) in [6, 6.07) is 7.66. The number of carbonyl (C=O) groups excluding carboxylic acids is 1. The highest BCUT2D eigenvalue weighted by atomic mass is 16.5. The molecule has 5 heteroatoms. The smallest absolute Gasteiger partial charge is 0.317 e. The third-order valence-electron chi connectivity index (χ3n) is 2.87. The number of hydrogen-bond acceptors (Lipinski definition) is 3. The van der Waals surface area contributed by atoms with Gasteiger partial charge in [0.15, 0.2) is 0 Å². The first kappa shape index (κ1) is 16.3. The van der Waals surface area contributed by atoms with Gasteiger partial charge in [0.25, 0.3) is 0 Å². The fraction of sp³-hybridized carbons (Fsp3) is 0.533. The second-order valence-electron chi connectivity index (χ2n) is 4.89. The van der Waals surface area contributed by atoms with Crippen LogP contribution in [-0.4, -0.2) is 50.9 Å². The topological polar surface area (TPSA) is 50.8 Å². The number of nitrogens with zero attached hydrogens (tertiary/aromatic N) is 1. The number of ether oxygens (including phenoxy) is 2. The Labute approximate surface area is 120 Å². The molecule has 112 valence electrons. The lowest BCUT2D eigenvalue weighted by Gasteiger charge is -2.21. The van der Waals surface area contributed by atoms with Gasteiger partial charge in [-0.1, -0.05) is 17.7 Å². The highest BCUT2D eigenvalue weighted by Crippen LogP contribution is 2.11. The van der Waals surface area contributed by atoms with E-state index >= 15 is 0 Å². The van der Waals surface area contributed by atoms with Crippen LogP contribution in [0.25, 0.3) is 0 Å². The summed E-state index contributed by atoms with van der Waals surface area (Å²) >= 11 is 0. The Morgan fingerprint density at radius 2 is 2.00 bits per heavy atom. The van der Waals surface area contributed by atoms with E-state index in [0.29, 0.717) is 19.8 Å². The van der Waals surface area contributed by atoms with Crippen molar-refractivity contribution in [3.05, 3.63) is 29.8 Å². The van der Waals surface area contributed by atoms with Crippen molar-refractivity contribution in [1.29, 1.82) is 0 Å². The molecule has 0 bridgehead atoms. The minimum absolute atomic E-state index is 0.0613. The Balaban J connectivity index is 2.30. The lowest BCUT2D eigenvalue weighted by molar-refractivity contribution is 0.156. The first-order chi connectivity index (χ1) is 9.52. The van der Waals surface area contributed by atoms with Crippen molar-refractivity contribution >= 4 is 6.03 Å². The second kappa shape index (κ2) is 8.43. The number of amides is 2. The number of hydrogen-bond donors (Lipinski definition) is 1. The molecule has 2 amide bonds. The van der Waals surface area contributed by atoms with Gasteiger partial charge >= 0.3 is 6.03 Å². The predicted octanol–water partition coefficient (Wildman–Crippen LogP) is 2.05. The molecular formula is C15H24N2O3. The first-order valence-electron chi connectivity index (χ1n) is 6.73. The van der Waals surface area contributed by atoms with E-state index in [1.54, 1.807) is 19.1 Å². The number of likely N-dealkylation sites (N-methyl/N-ethyl adjacent to an activating group) is 1. The lowest BCUT2D eigenvalue weighted by Crippen LogP contribution is -2.45. The van der Waals surface area contributed by atoms with Crippen molar-refractivity contribution in [3.8, 4) is 5.75 Å². The van der Waals surface area contributed by atoms with Crippen molar-refractivity contribution < 1.29 is 14.3 Å². The largest absolute Gasteiger partial charge is 0.491 e. The summed E-state index contributed by atoms with van der Waals surface area (Å²) in [5.41, 5.74) is 1.19. The molecule has 0 saturated heterocycles. The number of nitrogens with one attached hydrogen (secondary N) is 1. The van der Waals surface area contributed by atoms with Gasteiger partial charge in [0.1, 0.15) is 12.4 Å². The summed E-state index contributed by atoms with van der Waals surface area (Å²) in [6.45, 7) is 5.47. The summed E-state index contributed by atoms with van der Waals surface area (Å²) in [5.74, 6) is 0.810. The zero-order valence-electron chi connectivity index (χ0n) is 12.7. The van der Waals surface area contributed by atoms with E-state index in [1.807, 2.05) is 38.1 Å². The van der Waals surface area contributed by atoms with E-state index in [4.69, 9.17) is 9.47 Å². The monoisotopic (exact) mass is 280 g/mol. The molecule has 0 aliphatic heterocycles. The molecule has 0 aliphatic rings. The maximum Gasteiger partial charge on any atom is 0.317 e. The van der Waals surface area contributed by atoms with Gasteiger partial charge in [-0.05, 0) is 26.0 Å². The summed E-state index contributed by atoms with van der Waals surface area (Å²) in [7, 11) is 3.35. The maximum atomic E-state index is 11.8. The standard InChI is InChI=1S/C15H24N2O3/c1-12-5-7-14(8-6-12)20-11-13(2)16-15(18)17(3)9-10-19-4/h5-8,13H,9-11H2,1-4H3,(H,16,18)/t13-/m1/s1. The van der Waals surface area contributed by atoms with E-state index in [9.17, 15) is 4.79 Å². The van der Waals surface area contributed by atoms with Gasteiger partial charge in [0, 0.05) is 20.7 Å². The number of urea groups is 1. The van der Waals surface area contributed by atoms with E-state index < -0.39 is 0 Å². The summed E-state index contributed by atoms with van der Waals surface area (Å²) in [5, 5.41) is 2.88. The van der Waals surface area contributed by atoms with E-state index in [2.05, 4.69) is 5.32 Å².